The number of carbonyl (C=O) groups is 1. The Bertz CT molecular complexity index is 958. The fraction of sp³-hybridized carbons (Fsp3) is 0.182. The number of aromatic nitrogens is 4. The lowest BCUT2D eigenvalue weighted by molar-refractivity contribution is -0.138. The normalized spacial score (nSPS) is 11.8. The monoisotopic (exact) mass is 345 g/mol. The summed E-state index contributed by atoms with van der Waals surface area (Å²) >= 11 is 0.170. The van der Waals surface area contributed by atoms with Crippen LogP contribution in [0.2, 0.25) is 0 Å². The van der Waals surface area contributed by atoms with E-state index in [0.717, 1.165) is 6.33 Å². The van der Waals surface area contributed by atoms with Crippen LogP contribution in [0.15, 0.2) is 15.5 Å². The Morgan fingerprint density at radius 1 is 1.39 bits per heavy atom. The first-order valence-electron chi connectivity index (χ1n) is 5.96. The summed E-state index contributed by atoms with van der Waals surface area (Å²) in [6.07, 6.45) is -3.55. The first kappa shape index (κ1) is 15.1. The van der Waals surface area contributed by atoms with E-state index in [1.54, 1.807) is 0 Å². The van der Waals surface area contributed by atoms with Crippen LogP contribution < -0.4 is 10.9 Å². The van der Waals surface area contributed by atoms with E-state index in [4.69, 9.17) is 4.42 Å². The summed E-state index contributed by atoms with van der Waals surface area (Å²) in [7, 11) is 0. The molecule has 0 spiro atoms. The zero-order valence-electron chi connectivity index (χ0n) is 11.2. The highest BCUT2D eigenvalue weighted by Gasteiger charge is 2.36. The summed E-state index contributed by atoms with van der Waals surface area (Å²) in [5.41, 5.74) is -0.784. The van der Waals surface area contributed by atoms with Crippen LogP contribution in [0.5, 0.6) is 0 Å². The van der Waals surface area contributed by atoms with Crippen molar-refractivity contribution >= 4 is 33.5 Å². The highest BCUT2D eigenvalue weighted by Crippen LogP contribution is 2.33. The third-order valence-electron chi connectivity index (χ3n) is 2.79. The molecule has 0 saturated carbocycles. The number of H-pyrrole nitrogens is 1. The molecule has 0 aliphatic heterocycles. The third kappa shape index (κ3) is 2.67. The zero-order chi connectivity index (χ0) is 16.8. The Labute approximate surface area is 128 Å². The van der Waals surface area contributed by atoms with Crippen LogP contribution in [0.4, 0.5) is 18.3 Å². The van der Waals surface area contributed by atoms with Crippen molar-refractivity contribution in [3.05, 3.63) is 33.0 Å². The molecule has 2 N–H and O–H groups in total. The lowest BCUT2D eigenvalue weighted by Crippen LogP contribution is -2.16. The molecule has 3 aromatic heterocycles. The van der Waals surface area contributed by atoms with Crippen LogP contribution in [0.3, 0.4) is 0 Å². The van der Waals surface area contributed by atoms with Gasteiger partial charge < -0.3 is 9.40 Å². The SMILES string of the molecule is Cc1oc2nc[nH]c(=O)c2c1C(=O)Nc1nnc(C(F)(F)F)s1. The summed E-state index contributed by atoms with van der Waals surface area (Å²) < 4.78 is 42.6. The quantitative estimate of drug-likeness (QED) is 0.734. The molecule has 0 radical (unpaired) electrons. The minimum Gasteiger partial charge on any atom is -0.442 e. The average molecular weight is 345 g/mol. The molecule has 0 aliphatic carbocycles. The summed E-state index contributed by atoms with van der Waals surface area (Å²) in [5.74, 6) is -0.744. The van der Waals surface area contributed by atoms with Crippen LogP contribution >= 0.6 is 11.3 Å². The number of aryl methyl sites for hydroxylation is 1. The molecular weight excluding hydrogens is 339 g/mol. The number of hydrogen-bond acceptors (Lipinski definition) is 7. The number of rotatable bonds is 2. The molecule has 0 saturated heterocycles. The Hall–Kier alpha value is -2.76. The lowest BCUT2D eigenvalue weighted by atomic mass is 10.2. The number of hydrogen-bond donors (Lipinski definition) is 2. The summed E-state index contributed by atoms with van der Waals surface area (Å²) in [4.78, 5) is 30.1. The molecule has 0 unspecified atom stereocenters. The van der Waals surface area contributed by atoms with Gasteiger partial charge in [-0.2, -0.15) is 13.2 Å². The van der Waals surface area contributed by atoms with Gasteiger partial charge in [-0.1, -0.05) is 11.3 Å². The molecule has 3 aromatic rings. The molecule has 0 fully saturated rings. The van der Waals surface area contributed by atoms with Crippen molar-refractivity contribution in [2.24, 2.45) is 0 Å². The van der Waals surface area contributed by atoms with E-state index in [1.165, 1.54) is 6.92 Å². The van der Waals surface area contributed by atoms with Crippen LogP contribution in [0.1, 0.15) is 21.1 Å². The summed E-state index contributed by atoms with van der Waals surface area (Å²) in [6.45, 7) is 1.43. The number of fused-ring (bicyclic) bond motifs is 1. The molecule has 0 aromatic carbocycles. The van der Waals surface area contributed by atoms with Crippen molar-refractivity contribution < 1.29 is 22.4 Å². The zero-order valence-corrected chi connectivity index (χ0v) is 12.0. The van der Waals surface area contributed by atoms with Crippen molar-refractivity contribution in [1.82, 2.24) is 20.2 Å². The predicted octanol–water partition coefficient (Wildman–Crippen LogP) is 1.95. The number of nitrogens with one attached hydrogen (secondary N) is 2. The number of aromatic amines is 1. The molecule has 8 nitrogen and oxygen atoms in total. The fourth-order valence-corrected chi connectivity index (χ4v) is 2.48. The van der Waals surface area contributed by atoms with Gasteiger partial charge in [-0.05, 0) is 6.92 Å². The van der Waals surface area contributed by atoms with E-state index in [-0.39, 0.29) is 38.9 Å². The van der Waals surface area contributed by atoms with Crippen molar-refractivity contribution in [2.75, 3.05) is 5.32 Å². The average Bonchev–Trinajstić information content (AvgIpc) is 3.02. The van der Waals surface area contributed by atoms with Crippen LogP contribution in [0, 0.1) is 6.92 Å². The van der Waals surface area contributed by atoms with Crippen LogP contribution in [-0.2, 0) is 6.18 Å². The molecule has 3 heterocycles. The highest BCUT2D eigenvalue weighted by atomic mass is 32.1. The van der Waals surface area contributed by atoms with E-state index in [0.29, 0.717) is 0 Å². The molecule has 12 heteroatoms. The molecule has 1 amide bonds. The fourth-order valence-electron chi connectivity index (χ4n) is 1.87. The van der Waals surface area contributed by atoms with Gasteiger partial charge in [-0.15, -0.1) is 10.2 Å². The van der Waals surface area contributed by atoms with Crippen molar-refractivity contribution in [3.63, 3.8) is 0 Å². The van der Waals surface area contributed by atoms with Gasteiger partial charge in [0, 0.05) is 0 Å². The first-order chi connectivity index (χ1) is 10.8. The molecule has 3 rings (SSSR count). The number of nitrogens with zero attached hydrogens (tertiary/aromatic N) is 3. The maximum atomic E-state index is 12.5. The highest BCUT2D eigenvalue weighted by molar-refractivity contribution is 7.15. The Morgan fingerprint density at radius 3 is 2.78 bits per heavy atom. The number of carbonyl (C=O) groups excluding carboxylic acids is 1. The predicted molar refractivity (Wildman–Crippen MR) is 72.2 cm³/mol. The molecule has 0 aliphatic rings. The lowest BCUT2D eigenvalue weighted by Gasteiger charge is -2.00. The van der Waals surface area contributed by atoms with E-state index in [1.807, 2.05) is 0 Å². The van der Waals surface area contributed by atoms with Gasteiger partial charge in [0.05, 0.1) is 11.9 Å². The third-order valence-corrected chi connectivity index (χ3v) is 3.67. The van der Waals surface area contributed by atoms with Crippen molar-refractivity contribution in [2.45, 2.75) is 13.1 Å². The number of halogens is 3. The van der Waals surface area contributed by atoms with Gasteiger partial charge in [0.1, 0.15) is 11.1 Å². The molecule has 0 bridgehead atoms. The van der Waals surface area contributed by atoms with Gasteiger partial charge in [0.15, 0.2) is 0 Å². The number of alkyl halides is 3. The Balaban J connectivity index is 1.97. The largest absolute Gasteiger partial charge is 0.445 e. The number of amides is 1. The Kier molecular flexibility index (Phi) is 3.39. The molecular formula is C11H6F3N5O3S. The second-order valence-electron chi connectivity index (χ2n) is 4.31. The first-order valence-corrected chi connectivity index (χ1v) is 6.78. The second kappa shape index (κ2) is 5.15. The van der Waals surface area contributed by atoms with E-state index < -0.39 is 22.7 Å². The van der Waals surface area contributed by atoms with Crippen LogP contribution in [0.25, 0.3) is 11.1 Å². The van der Waals surface area contributed by atoms with Crippen molar-refractivity contribution in [3.8, 4) is 0 Å². The van der Waals surface area contributed by atoms with E-state index >= 15 is 0 Å². The second-order valence-corrected chi connectivity index (χ2v) is 5.29. The summed E-state index contributed by atoms with van der Waals surface area (Å²) in [6, 6.07) is 0. The van der Waals surface area contributed by atoms with Crippen LogP contribution in [-0.4, -0.2) is 26.1 Å². The van der Waals surface area contributed by atoms with Crippen molar-refractivity contribution in [1.29, 1.82) is 0 Å². The van der Waals surface area contributed by atoms with Gasteiger partial charge >= 0.3 is 6.18 Å². The number of anilines is 1. The Morgan fingerprint density at radius 2 is 2.13 bits per heavy atom. The number of furan rings is 1. The minimum absolute atomic E-state index is 0.0513. The van der Waals surface area contributed by atoms with Gasteiger partial charge in [-0.25, -0.2) is 4.98 Å². The summed E-state index contributed by atoms with van der Waals surface area (Å²) in [5, 5.41) is 6.72. The van der Waals surface area contributed by atoms with E-state index in [9.17, 15) is 22.8 Å². The molecule has 120 valence electrons. The van der Waals surface area contributed by atoms with Gasteiger partial charge in [0.25, 0.3) is 11.5 Å². The minimum atomic E-state index is -4.65. The van der Waals surface area contributed by atoms with Gasteiger partial charge in [0.2, 0.25) is 15.9 Å². The van der Waals surface area contributed by atoms with Gasteiger partial charge in [-0.3, -0.25) is 14.9 Å². The smallest absolute Gasteiger partial charge is 0.442 e. The maximum absolute atomic E-state index is 12.5. The molecule has 23 heavy (non-hydrogen) atoms. The van der Waals surface area contributed by atoms with E-state index in [2.05, 4.69) is 25.5 Å². The maximum Gasteiger partial charge on any atom is 0.445 e. The topological polar surface area (TPSA) is 114 Å². The standard InChI is InChI=1S/C11H6F3N5O3S/c1-3-4(5-6(20)15-2-16-8(5)22-3)7(21)17-10-19-18-9(23-10)11(12,13)14/h2H,1H3,(H,15,16,20)(H,17,19,21). The molecule has 0 atom stereocenters.